The smallest absolute Gasteiger partial charge is 0.0443 e. The van der Waals surface area contributed by atoms with Gasteiger partial charge in [-0.1, -0.05) is 36.2 Å². The minimum atomic E-state index is 0.303. The maximum atomic E-state index is 8.97. The Balaban J connectivity index is 1.95. The highest BCUT2D eigenvalue weighted by atomic mass is 16.3. The molecule has 0 unspecified atom stereocenters. The molecule has 2 heteroatoms. The summed E-state index contributed by atoms with van der Waals surface area (Å²) >= 11 is 0. The molecule has 1 saturated carbocycles. The summed E-state index contributed by atoms with van der Waals surface area (Å²) in [6.45, 7) is 4.50. The lowest BCUT2D eigenvalue weighted by molar-refractivity contribution is 0.109. The molecule has 1 N–H and O–H groups in total. The van der Waals surface area contributed by atoms with Gasteiger partial charge < -0.3 is 5.11 Å². The Labute approximate surface area is 104 Å². The summed E-state index contributed by atoms with van der Waals surface area (Å²) in [7, 11) is 0. The van der Waals surface area contributed by atoms with Crippen LogP contribution < -0.4 is 0 Å². The molecule has 0 spiro atoms. The number of nitrogens with zero attached hydrogens (tertiary/aromatic N) is 1. The molecular formula is C15H23NO. The van der Waals surface area contributed by atoms with E-state index in [-0.39, 0.29) is 0 Å². The van der Waals surface area contributed by atoms with Gasteiger partial charge in [0.05, 0.1) is 0 Å². The van der Waals surface area contributed by atoms with Gasteiger partial charge in [-0.3, -0.25) is 4.90 Å². The number of aryl methyl sites for hydroxylation is 1. The van der Waals surface area contributed by atoms with E-state index >= 15 is 0 Å². The topological polar surface area (TPSA) is 23.5 Å². The maximum absolute atomic E-state index is 8.97. The molecular weight excluding hydrogens is 210 g/mol. The lowest BCUT2D eigenvalue weighted by Crippen LogP contribution is -2.40. The fourth-order valence-corrected chi connectivity index (χ4v) is 2.46. The van der Waals surface area contributed by atoms with Crippen LogP contribution in [0.1, 0.15) is 36.8 Å². The molecule has 0 amide bonds. The Bertz CT molecular complexity index is 347. The molecule has 0 radical (unpaired) electrons. The molecule has 0 heterocycles. The average molecular weight is 233 g/mol. The number of hydrogen-bond donors (Lipinski definition) is 1. The van der Waals surface area contributed by atoms with Crippen molar-refractivity contribution >= 4 is 0 Å². The number of aliphatic hydroxyl groups excluding tert-OH is 1. The second-order valence-electron chi connectivity index (χ2n) is 5.12. The zero-order valence-corrected chi connectivity index (χ0v) is 10.7. The molecule has 0 atom stereocenters. The van der Waals surface area contributed by atoms with E-state index in [4.69, 9.17) is 5.11 Å². The minimum Gasteiger partial charge on any atom is -0.396 e. The van der Waals surface area contributed by atoms with Gasteiger partial charge in [0.25, 0.3) is 0 Å². The molecule has 0 aliphatic heterocycles. The molecule has 2 nitrogen and oxygen atoms in total. The van der Waals surface area contributed by atoms with Gasteiger partial charge in [0.1, 0.15) is 0 Å². The van der Waals surface area contributed by atoms with E-state index in [0.717, 1.165) is 25.6 Å². The van der Waals surface area contributed by atoms with Crippen LogP contribution in [0.25, 0.3) is 0 Å². The molecule has 0 aromatic heterocycles. The van der Waals surface area contributed by atoms with E-state index in [1.54, 1.807) is 0 Å². The van der Waals surface area contributed by atoms with Crippen LogP contribution in [0.15, 0.2) is 24.3 Å². The van der Waals surface area contributed by atoms with Crippen molar-refractivity contribution in [3.8, 4) is 0 Å². The fraction of sp³-hybridized carbons (Fsp3) is 0.600. The van der Waals surface area contributed by atoms with Crippen LogP contribution in [0.5, 0.6) is 0 Å². The Morgan fingerprint density at radius 1 is 1.35 bits per heavy atom. The van der Waals surface area contributed by atoms with Gasteiger partial charge >= 0.3 is 0 Å². The Hall–Kier alpha value is -0.860. The van der Waals surface area contributed by atoms with Crippen molar-refractivity contribution < 1.29 is 5.11 Å². The second kappa shape index (κ2) is 6.18. The second-order valence-corrected chi connectivity index (χ2v) is 5.12. The van der Waals surface area contributed by atoms with Crippen molar-refractivity contribution in [2.24, 2.45) is 0 Å². The monoisotopic (exact) mass is 233 g/mol. The molecule has 1 aliphatic rings. The first-order chi connectivity index (χ1) is 8.29. The first-order valence-electron chi connectivity index (χ1n) is 6.70. The lowest BCUT2D eigenvalue weighted by Gasteiger charge is -2.37. The Morgan fingerprint density at radius 3 is 2.76 bits per heavy atom. The van der Waals surface area contributed by atoms with Crippen molar-refractivity contribution in [3.05, 3.63) is 35.4 Å². The summed E-state index contributed by atoms with van der Waals surface area (Å²) in [6, 6.07) is 9.50. The molecule has 2 rings (SSSR count). The Kier molecular flexibility index (Phi) is 4.57. The summed E-state index contributed by atoms with van der Waals surface area (Å²) in [6.07, 6.45) is 4.92. The van der Waals surface area contributed by atoms with Crippen LogP contribution in [0.4, 0.5) is 0 Å². The van der Waals surface area contributed by atoms with Crippen LogP contribution in [-0.2, 0) is 6.54 Å². The molecule has 1 aliphatic carbocycles. The zero-order chi connectivity index (χ0) is 12.1. The Morgan fingerprint density at radius 2 is 2.18 bits per heavy atom. The van der Waals surface area contributed by atoms with Gasteiger partial charge in [0.15, 0.2) is 0 Å². The first kappa shape index (κ1) is 12.6. The first-order valence-corrected chi connectivity index (χ1v) is 6.70. The van der Waals surface area contributed by atoms with Crippen LogP contribution >= 0.6 is 0 Å². The number of aliphatic hydroxyl groups is 1. The van der Waals surface area contributed by atoms with Crippen LogP contribution in [0, 0.1) is 6.92 Å². The van der Waals surface area contributed by atoms with Crippen LogP contribution in [0.3, 0.4) is 0 Å². The van der Waals surface area contributed by atoms with Gasteiger partial charge in [-0.15, -0.1) is 0 Å². The van der Waals surface area contributed by atoms with Crippen molar-refractivity contribution in [1.29, 1.82) is 0 Å². The third kappa shape index (κ3) is 3.55. The molecule has 1 aromatic rings. The van der Waals surface area contributed by atoms with Gasteiger partial charge in [-0.2, -0.15) is 0 Å². The van der Waals surface area contributed by atoms with Gasteiger partial charge in [-0.25, -0.2) is 0 Å². The van der Waals surface area contributed by atoms with Gasteiger partial charge in [0.2, 0.25) is 0 Å². The van der Waals surface area contributed by atoms with Crippen molar-refractivity contribution in [1.82, 2.24) is 4.90 Å². The predicted molar refractivity (Wildman–Crippen MR) is 70.9 cm³/mol. The molecule has 1 fully saturated rings. The van der Waals surface area contributed by atoms with Crippen molar-refractivity contribution in [2.75, 3.05) is 13.2 Å². The normalized spacial score (nSPS) is 16.2. The van der Waals surface area contributed by atoms with E-state index < -0.39 is 0 Å². The average Bonchev–Trinajstić information content (AvgIpc) is 2.23. The largest absolute Gasteiger partial charge is 0.396 e. The number of hydrogen-bond acceptors (Lipinski definition) is 2. The van der Waals surface area contributed by atoms with Crippen molar-refractivity contribution in [3.63, 3.8) is 0 Å². The summed E-state index contributed by atoms with van der Waals surface area (Å²) in [5, 5.41) is 8.97. The summed E-state index contributed by atoms with van der Waals surface area (Å²) < 4.78 is 0. The maximum Gasteiger partial charge on any atom is 0.0443 e. The van der Waals surface area contributed by atoms with E-state index in [2.05, 4.69) is 36.1 Å². The predicted octanol–water partition coefficient (Wildman–Crippen LogP) is 2.73. The third-order valence-corrected chi connectivity index (χ3v) is 3.66. The summed E-state index contributed by atoms with van der Waals surface area (Å²) in [5.41, 5.74) is 2.73. The van der Waals surface area contributed by atoms with E-state index in [1.807, 2.05) is 0 Å². The summed E-state index contributed by atoms with van der Waals surface area (Å²) in [4.78, 5) is 2.54. The van der Waals surface area contributed by atoms with E-state index in [1.165, 1.54) is 30.4 Å². The SMILES string of the molecule is Cc1cccc(CN(CCCO)C2CCC2)c1. The highest BCUT2D eigenvalue weighted by molar-refractivity contribution is 5.22. The number of benzene rings is 1. The molecule has 1 aromatic carbocycles. The lowest BCUT2D eigenvalue weighted by atomic mass is 9.91. The van der Waals surface area contributed by atoms with E-state index in [0.29, 0.717) is 6.61 Å². The quantitative estimate of drug-likeness (QED) is 0.816. The highest BCUT2D eigenvalue weighted by Crippen LogP contribution is 2.26. The molecule has 0 saturated heterocycles. The number of rotatable bonds is 6. The minimum absolute atomic E-state index is 0.303. The fourth-order valence-electron chi connectivity index (χ4n) is 2.46. The molecule has 94 valence electrons. The third-order valence-electron chi connectivity index (χ3n) is 3.66. The summed E-state index contributed by atoms with van der Waals surface area (Å²) in [5.74, 6) is 0. The van der Waals surface area contributed by atoms with Crippen molar-refractivity contribution in [2.45, 2.75) is 45.2 Å². The zero-order valence-electron chi connectivity index (χ0n) is 10.7. The molecule has 0 bridgehead atoms. The van der Waals surface area contributed by atoms with E-state index in [9.17, 15) is 0 Å². The standard InChI is InChI=1S/C15H23NO/c1-13-5-2-6-14(11-13)12-16(9-4-10-17)15-7-3-8-15/h2,5-6,11,15,17H,3-4,7-10,12H2,1H3. The van der Waals surface area contributed by atoms with Crippen LogP contribution in [-0.4, -0.2) is 29.2 Å². The van der Waals surface area contributed by atoms with Gasteiger partial charge in [0, 0.05) is 25.7 Å². The highest BCUT2D eigenvalue weighted by Gasteiger charge is 2.24. The van der Waals surface area contributed by atoms with Crippen LogP contribution in [0.2, 0.25) is 0 Å². The molecule has 17 heavy (non-hydrogen) atoms. The van der Waals surface area contributed by atoms with Gasteiger partial charge in [-0.05, 0) is 31.7 Å².